The van der Waals surface area contributed by atoms with E-state index in [-0.39, 0.29) is 18.5 Å². The van der Waals surface area contributed by atoms with Crippen molar-refractivity contribution in [3.63, 3.8) is 0 Å². The predicted octanol–water partition coefficient (Wildman–Crippen LogP) is -0.420. The molecule has 6 nitrogen and oxygen atoms in total. The Morgan fingerprint density at radius 2 is 2.38 bits per heavy atom. The zero-order valence-corrected chi connectivity index (χ0v) is 8.83. The normalized spacial score (nSPS) is 23.9. The molecule has 0 bridgehead atoms. The van der Waals surface area contributed by atoms with Crippen LogP contribution in [-0.4, -0.2) is 27.4 Å². The zero-order chi connectivity index (χ0) is 11.7. The van der Waals surface area contributed by atoms with Gasteiger partial charge in [-0.3, -0.25) is 4.57 Å². The second kappa shape index (κ2) is 4.07. The minimum absolute atomic E-state index is 0.108. The van der Waals surface area contributed by atoms with Crippen LogP contribution in [0.2, 0.25) is 0 Å². The van der Waals surface area contributed by atoms with Crippen LogP contribution in [-0.2, 0) is 4.74 Å². The topological polar surface area (TPSA) is 90.4 Å². The van der Waals surface area contributed by atoms with Gasteiger partial charge in [-0.15, -0.1) is 0 Å². The molecule has 0 aromatic carbocycles. The Morgan fingerprint density at radius 3 is 3.00 bits per heavy atom. The molecular formula is C10H13N3O3. The highest BCUT2D eigenvalue weighted by Crippen LogP contribution is 2.19. The van der Waals surface area contributed by atoms with E-state index >= 15 is 0 Å². The van der Waals surface area contributed by atoms with Crippen LogP contribution in [0.15, 0.2) is 23.1 Å². The summed E-state index contributed by atoms with van der Waals surface area (Å²) >= 11 is 0. The first kappa shape index (κ1) is 10.8. The molecule has 0 spiro atoms. The monoisotopic (exact) mass is 223 g/mol. The second-order valence-corrected chi connectivity index (χ2v) is 3.63. The molecule has 2 atom stereocenters. The first-order valence-electron chi connectivity index (χ1n) is 4.91. The molecule has 1 aromatic rings. The van der Waals surface area contributed by atoms with Crippen LogP contribution in [0, 0.1) is 6.92 Å². The van der Waals surface area contributed by atoms with E-state index in [0.29, 0.717) is 5.56 Å². The number of aryl methyl sites for hydroxylation is 1. The van der Waals surface area contributed by atoms with E-state index in [4.69, 9.17) is 15.6 Å². The lowest BCUT2D eigenvalue weighted by Gasteiger charge is -2.15. The first-order chi connectivity index (χ1) is 7.61. The van der Waals surface area contributed by atoms with E-state index in [2.05, 4.69) is 4.98 Å². The Balaban J connectivity index is 2.33. The highest BCUT2D eigenvalue weighted by Gasteiger charge is 2.21. The smallest absolute Gasteiger partial charge is 0.351 e. The van der Waals surface area contributed by atoms with Crippen LogP contribution < -0.4 is 11.4 Å². The van der Waals surface area contributed by atoms with E-state index in [1.807, 2.05) is 0 Å². The van der Waals surface area contributed by atoms with Crippen molar-refractivity contribution in [2.24, 2.45) is 0 Å². The van der Waals surface area contributed by atoms with Crippen LogP contribution >= 0.6 is 0 Å². The van der Waals surface area contributed by atoms with E-state index in [1.165, 1.54) is 4.57 Å². The van der Waals surface area contributed by atoms with Gasteiger partial charge in [0.15, 0.2) is 6.23 Å². The maximum atomic E-state index is 11.6. The number of aromatic nitrogens is 2. The number of hydrogen-bond donors (Lipinski definition) is 2. The number of anilines is 1. The van der Waals surface area contributed by atoms with E-state index in [1.54, 1.807) is 25.3 Å². The molecule has 3 N–H and O–H groups in total. The molecule has 0 saturated heterocycles. The standard InChI is InChI=1S/C10H13N3O3/c1-6-4-13(10(15)12-9(6)11)8-3-2-7(5-14)16-8/h2-4,7-8,14H,5H2,1H3,(H2,11,12,15)/t7-,8+/m1/s1. The molecule has 0 radical (unpaired) electrons. The maximum absolute atomic E-state index is 11.6. The van der Waals surface area contributed by atoms with E-state index in [9.17, 15) is 4.79 Å². The summed E-state index contributed by atoms with van der Waals surface area (Å²) in [6, 6.07) is 0. The Labute approximate surface area is 92.0 Å². The van der Waals surface area contributed by atoms with Crippen LogP contribution in [0.1, 0.15) is 11.8 Å². The zero-order valence-electron chi connectivity index (χ0n) is 8.83. The SMILES string of the molecule is Cc1cn([C@@H]2C=C[C@H](CO)O2)c(=O)nc1N. The fraction of sp³-hybridized carbons (Fsp3) is 0.400. The van der Waals surface area contributed by atoms with E-state index in [0.717, 1.165) is 0 Å². The number of aliphatic hydroxyl groups excluding tert-OH is 1. The lowest BCUT2D eigenvalue weighted by atomic mass is 10.3. The highest BCUT2D eigenvalue weighted by molar-refractivity contribution is 5.35. The molecule has 0 fully saturated rings. The number of nitrogen functional groups attached to an aromatic ring is 1. The van der Waals surface area contributed by atoms with Crippen molar-refractivity contribution in [1.29, 1.82) is 0 Å². The van der Waals surface area contributed by atoms with Crippen molar-refractivity contribution < 1.29 is 9.84 Å². The van der Waals surface area contributed by atoms with Gasteiger partial charge in [0.25, 0.3) is 0 Å². The van der Waals surface area contributed by atoms with E-state index < -0.39 is 11.9 Å². The van der Waals surface area contributed by atoms with Crippen molar-refractivity contribution in [2.75, 3.05) is 12.3 Å². The predicted molar refractivity (Wildman–Crippen MR) is 57.8 cm³/mol. The van der Waals surface area contributed by atoms with Gasteiger partial charge >= 0.3 is 5.69 Å². The van der Waals surface area contributed by atoms with Gasteiger partial charge in [-0.05, 0) is 13.0 Å². The Hall–Kier alpha value is -1.66. The van der Waals surface area contributed by atoms with Gasteiger partial charge in [0.1, 0.15) is 11.9 Å². The number of aliphatic hydroxyl groups is 1. The second-order valence-electron chi connectivity index (χ2n) is 3.63. The molecule has 1 aromatic heterocycles. The molecule has 16 heavy (non-hydrogen) atoms. The van der Waals surface area contributed by atoms with Gasteiger partial charge in [-0.1, -0.05) is 6.08 Å². The summed E-state index contributed by atoms with van der Waals surface area (Å²) in [5, 5.41) is 8.90. The summed E-state index contributed by atoms with van der Waals surface area (Å²) in [6.07, 6.45) is 4.13. The summed E-state index contributed by atoms with van der Waals surface area (Å²) in [7, 11) is 0. The van der Waals surface area contributed by atoms with Crippen molar-refractivity contribution in [1.82, 2.24) is 9.55 Å². The number of rotatable bonds is 2. The molecule has 1 aliphatic rings. The first-order valence-corrected chi connectivity index (χ1v) is 4.91. The summed E-state index contributed by atoms with van der Waals surface area (Å²) in [5.41, 5.74) is 5.77. The Kier molecular flexibility index (Phi) is 2.76. The molecule has 0 saturated carbocycles. The number of nitrogens with two attached hydrogens (primary N) is 1. The molecule has 0 unspecified atom stereocenters. The lowest BCUT2D eigenvalue weighted by Crippen LogP contribution is -2.28. The highest BCUT2D eigenvalue weighted by atomic mass is 16.5. The van der Waals surface area contributed by atoms with Crippen molar-refractivity contribution in [3.05, 3.63) is 34.4 Å². The molecule has 0 aliphatic carbocycles. The summed E-state index contributed by atoms with van der Waals surface area (Å²) in [6.45, 7) is 1.66. The Morgan fingerprint density at radius 1 is 1.62 bits per heavy atom. The summed E-state index contributed by atoms with van der Waals surface area (Å²) in [5.74, 6) is 0.224. The average Bonchev–Trinajstić information content (AvgIpc) is 2.71. The van der Waals surface area contributed by atoms with Crippen LogP contribution in [0.3, 0.4) is 0 Å². The molecule has 0 amide bonds. The number of hydrogen-bond acceptors (Lipinski definition) is 5. The molecule has 2 heterocycles. The summed E-state index contributed by atoms with van der Waals surface area (Å²) < 4.78 is 6.74. The van der Waals surface area contributed by atoms with Crippen LogP contribution in [0.5, 0.6) is 0 Å². The van der Waals surface area contributed by atoms with Crippen molar-refractivity contribution in [3.8, 4) is 0 Å². The van der Waals surface area contributed by atoms with Crippen LogP contribution in [0.4, 0.5) is 5.82 Å². The molecule has 6 heteroatoms. The fourth-order valence-electron chi connectivity index (χ4n) is 1.51. The molecule has 2 rings (SSSR count). The molecular weight excluding hydrogens is 210 g/mol. The quantitative estimate of drug-likeness (QED) is 0.664. The Bertz CT molecular complexity index is 481. The lowest BCUT2D eigenvalue weighted by molar-refractivity contribution is -0.0103. The fourth-order valence-corrected chi connectivity index (χ4v) is 1.51. The third-order valence-electron chi connectivity index (χ3n) is 2.43. The van der Waals surface area contributed by atoms with Crippen molar-refractivity contribution in [2.45, 2.75) is 19.3 Å². The van der Waals surface area contributed by atoms with Crippen LogP contribution in [0.25, 0.3) is 0 Å². The molecule has 1 aliphatic heterocycles. The maximum Gasteiger partial charge on any atom is 0.351 e. The van der Waals surface area contributed by atoms with Gasteiger partial charge in [0.05, 0.1) is 6.61 Å². The van der Waals surface area contributed by atoms with Crippen molar-refractivity contribution >= 4 is 5.82 Å². The minimum Gasteiger partial charge on any atom is -0.393 e. The van der Waals surface area contributed by atoms with Gasteiger partial charge in [0.2, 0.25) is 0 Å². The van der Waals surface area contributed by atoms with Gasteiger partial charge in [-0.25, -0.2) is 4.79 Å². The average molecular weight is 223 g/mol. The minimum atomic E-state index is -0.517. The molecule has 86 valence electrons. The number of nitrogens with zero attached hydrogens (tertiary/aromatic N) is 2. The van der Waals surface area contributed by atoms with Gasteiger partial charge in [-0.2, -0.15) is 4.98 Å². The largest absolute Gasteiger partial charge is 0.393 e. The van der Waals surface area contributed by atoms with Gasteiger partial charge < -0.3 is 15.6 Å². The third-order valence-corrected chi connectivity index (χ3v) is 2.43. The van der Waals surface area contributed by atoms with Gasteiger partial charge in [0, 0.05) is 11.8 Å². The number of ether oxygens (including phenoxy) is 1. The third kappa shape index (κ3) is 1.84. The summed E-state index contributed by atoms with van der Waals surface area (Å²) in [4.78, 5) is 15.2.